The van der Waals surface area contributed by atoms with Gasteiger partial charge in [-0.05, 0) is 30.7 Å². The Hall–Kier alpha value is -2.55. The van der Waals surface area contributed by atoms with E-state index in [0.717, 1.165) is 22.2 Å². The molecule has 0 atom stereocenters. The first kappa shape index (κ1) is 11.5. The van der Waals surface area contributed by atoms with Crippen molar-refractivity contribution in [2.75, 3.05) is 0 Å². The molecule has 3 rings (SSSR count). The number of hydrogen-bond donors (Lipinski definition) is 1. The van der Waals surface area contributed by atoms with Crippen LogP contribution in [0.3, 0.4) is 0 Å². The number of carboxylic acid groups (broad SMARTS) is 1. The molecule has 1 aromatic heterocycles. The van der Waals surface area contributed by atoms with Gasteiger partial charge < -0.3 is 9.67 Å². The van der Waals surface area contributed by atoms with Crippen LogP contribution in [0.25, 0.3) is 16.6 Å². The second-order valence-electron chi connectivity index (χ2n) is 4.47. The molecule has 94 valence electrons. The van der Waals surface area contributed by atoms with Gasteiger partial charge in [-0.1, -0.05) is 36.4 Å². The van der Waals surface area contributed by atoms with Crippen LogP contribution in [0.15, 0.2) is 54.6 Å². The Kier molecular flexibility index (Phi) is 2.60. The molecular formula is C16H13NO2. The Morgan fingerprint density at radius 3 is 2.32 bits per heavy atom. The van der Waals surface area contributed by atoms with Crippen molar-refractivity contribution in [1.29, 1.82) is 0 Å². The maximum Gasteiger partial charge on any atom is 0.353 e. The van der Waals surface area contributed by atoms with Crippen LogP contribution in [0.4, 0.5) is 0 Å². The number of aromatic carboxylic acids is 1. The summed E-state index contributed by atoms with van der Waals surface area (Å²) in [6.07, 6.45) is 0. The molecule has 1 heterocycles. The fraction of sp³-hybridized carbons (Fsp3) is 0.0625. The topological polar surface area (TPSA) is 42.2 Å². The zero-order valence-electron chi connectivity index (χ0n) is 10.5. The summed E-state index contributed by atoms with van der Waals surface area (Å²) in [5.74, 6) is -0.905. The number of para-hydroxylation sites is 2. The van der Waals surface area contributed by atoms with Gasteiger partial charge in [-0.15, -0.1) is 0 Å². The van der Waals surface area contributed by atoms with E-state index in [0.29, 0.717) is 5.69 Å². The van der Waals surface area contributed by atoms with E-state index in [1.807, 2.05) is 61.5 Å². The number of carboxylic acids is 1. The second-order valence-corrected chi connectivity index (χ2v) is 4.47. The Morgan fingerprint density at radius 1 is 1.00 bits per heavy atom. The first-order valence-electron chi connectivity index (χ1n) is 6.09. The lowest BCUT2D eigenvalue weighted by atomic mass is 10.1. The zero-order chi connectivity index (χ0) is 13.4. The fourth-order valence-corrected chi connectivity index (χ4v) is 2.50. The highest BCUT2D eigenvalue weighted by molar-refractivity contribution is 5.99. The van der Waals surface area contributed by atoms with Crippen LogP contribution in [0.2, 0.25) is 0 Å². The predicted molar refractivity (Wildman–Crippen MR) is 75.0 cm³/mol. The molecule has 1 N–H and O–H groups in total. The maximum absolute atomic E-state index is 11.6. The molecule has 3 nitrogen and oxygen atoms in total. The number of benzene rings is 2. The molecule has 0 radical (unpaired) electrons. The van der Waals surface area contributed by atoms with Crippen molar-refractivity contribution in [2.45, 2.75) is 6.92 Å². The number of rotatable bonds is 2. The summed E-state index contributed by atoms with van der Waals surface area (Å²) in [6, 6.07) is 17.3. The van der Waals surface area contributed by atoms with Crippen molar-refractivity contribution in [3.05, 3.63) is 65.9 Å². The van der Waals surface area contributed by atoms with Gasteiger partial charge in [0.05, 0.1) is 5.52 Å². The van der Waals surface area contributed by atoms with Crippen molar-refractivity contribution >= 4 is 16.9 Å². The van der Waals surface area contributed by atoms with E-state index in [-0.39, 0.29) is 0 Å². The second kappa shape index (κ2) is 4.28. The average Bonchev–Trinajstić information content (AvgIpc) is 2.74. The molecule has 0 aliphatic carbocycles. The minimum absolute atomic E-state index is 0.326. The summed E-state index contributed by atoms with van der Waals surface area (Å²) in [5.41, 5.74) is 2.91. The van der Waals surface area contributed by atoms with E-state index >= 15 is 0 Å². The van der Waals surface area contributed by atoms with Gasteiger partial charge in [0.15, 0.2) is 0 Å². The third kappa shape index (κ3) is 1.71. The Morgan fingerprint density at radius 2 is 1.63 bits per heavy atom. The maximum atomic E-state index is 11.6. The molecule has 19 heavy (non-hydrogen) atoms. The molecule has 0 saturated heterocycles. The van der Waals surface area contributed by atoms with Crippen LogP contribution >= 0.6 is 0 Å². The number of nitrogens with zero attached hydrogens (tertiary/aromatic N) is 1. The molecule has 0 fully saturated rings. The number of aryl methyl sites for hydroxylation is 1. The number of aromatic nitrogens is 1. The van der Waals surface area contributed by atoms with Crippen LogP contribution in [0.1, 0.15) is 16.1 Å². The van der Waals surface area contributed by atoms with Gasteiger partial charge >= 0.3 is 5.97 Å². The molecule has 2 aromatic carbocycles. The number of hydrogen-bond acceptors (Lipinski definition) is 1. The first-order valence-corrected chi connectivity index (χ1v) is 6.09. The van der Waals surface area contributed by atoms with Gasteiger partial charge in [0.1, 0.15) is 5.69 Å². The SMILES string of the molecule is Cc1c(C(=O)O)n(-c2ccccc2)c2ccccc12. The summed E-state index contributed by atoms with van der Waals surface area (Å²) < 4.78 is 1.80. The van der Waals surface area contributed by atoms with Crippen LogP contribution in [-0.4, -0.2) is 15.6 Å². The van der Waals surface area contributed by atoms with Gasteiger partial charge in [0, 0.05) is 11.1 Å². The normalized spacial score (nSPS) is 10.8. The Bertz CT molecular complexity index is 757. The van der Waals surface area contributed by atoms with E-state index < -0.39 is 5.97 Å². The highest BCUT2D eigenvalue weighted by atomic mass is 16.4. The van der Waals surface area contributed by atoms with E-state index in [9.17, 15) is 9.90 Å². The highest BCUT2D eigenvalue weighted by Gasteiger charge is 2.19. The Labute approximate surface area is 110 Å². The van der Waals surface area contributed by atoms with Crippen LogP contribution in [0, 0.1) is 6.92 Å². The van der Waals surface area contributed by atoms with Crippen molar-refractivity contribution in [3.8, 4) is 5.69 Å². The van der Waals surface area contributed by atoms with Crippen LogP contribution in [-0.2, 0) is 0 Å². The molecule has 0 unspecified atom stereocenters. The summed E-state index contributed by atoms with van der Waals surface area (Å²) in [7, 11) is 0. The molecular weight excluding hydrogens is 238 g/mol. The minimum Gasteiger partial charge on any atom is -0.477 e. The molecule has 0 amide bonds. The first-order chi connectivity index (χ1) is 9.20. The van der Waals surface area contributed by atoms with Gasteiger partial charge in [0.2, 0.25) is 0 Å². The van der Waals surface area contributed by atoms with E-state index in [1.54, 1.807) is 4.57 Å². The molecule has 0 aliphatic rings. The third-order valence-electron chi connectivity index (χ3n) is 3.34. The lowest BCUT2D eigenvalue weighted by Gasteiger charge is -2.08. The number of fused-ring (bicyclic) bond motifs is 1. The van der Waals surface area contributed by atoms with Gasteiger partial charge in [-0.25, -0.2) is 4.79 Å². The molecule has 0 saturated carbocycles. The highest BCUT2D eigenvalue weighted by Crippen LogP contribution is 2.28. The van der Waals surface area contributed by atoms with Gasteiger partial charge in [0.25, 0.3) is 0 Å². The zero-order valence-corrected chi connectivity index (χ0v) is 10.5. The quantitative estimate of drug-likeness (QED) is 0.755. The van der Waals surface area contributed by atoms with Crippen molar-refractivity contribution in [2.24, 2.45) is 0 Å². The Balaban J connectivity index is 2.46. The minimum atomic E-state index is -0.905. The fourth-order valence-electron chi connectivity index (χ4n) is 2.50. The van der Waals surface area contributed by atoms with Crippen LogP contribution < -0.4 is 0 Å². The van der Waals surface area contributed by atoms with E-state index in [2.05, 4.69) is 0 Å². The third-order valence-corrected chi connectivity index (χ3v) is 3.34. The lowest BCUT2D eigenvalue weighted by molar-refractivity contribution is 0.0688. The smallest absolute Gasteiger partial charge is 0.353 e. The predicted octanol–water partition coefficient (Wildman–Crippen LogP) is 3.64. The summed E-state index contributed by atoms with van der Waals surface area (Å²) in [6.45, 7) is 1.85. The van der Waals surface area contributed by atoms with Gasteiger partial charge in [-0.3, -0.25) is 0 Å². The standard InChI is InChI=1S/C16H13NO2/c1-11-13-9-5-6-10-14(13)17(15(11)16(18)19)12-7-3-2-4-8-12/h2-10H,1H3,(H,18,19). The van der Waals surface area contributed by atoms with E-state index in [1.165, 1.54) is 0 Å². The van der Waals surface area contributed by atoms with Crippen molar-refractivity contribution in [3.63, 3.8) is 0 Å². The van der Waals surface area contributed by atoms with Crippen molar-refractivity contribution < 1.29 is 9.90 Å². The summed E-state index contributed by atoms with van der Waals surface area (Å²) in [5, 5.41) is 10.5. The number of carbonyl (C=O) groups is 1. The van der Waals surface area contributed by atoms with Gasteiger partial charge in [-0.2, -0.15) is 0 Å². The summed E-state index contributed by atoms with van der Waals surface area (Å²) in [4.78, 5) is 11.6. The summed E-state index contributed by atoms with van der Waals surface area (Å²) >= 11 is 0. The largest absolute Gasteiger partial charge is 0.477 e. The van der Waals surface area contributed by atoms with Crippen molar-refractivity contribution in [1.82, 2.24) is 4.57 Å². The molecule has 3 aromatic rings. The molecule has 0 aliphatic heterocycles. The molecule has 3 heteroatoms. The average molecular weight is 251 g/mol. The van der Waals surface area contributed by atoms with E-state index in [4.69, 9.17) is 0 Å². The van der Waals surface area contributed by atoms with Crippen LogP contribution in [0.5, 0.6) is 0 Å². The molecule has 0 spiro atoms. The monoisotopic (exact) mass is 251 g/mol. The molecule has 0 bridgehead atoms. The lowest BCUT2D eigenvalue weighted by Crippen LogP contribution is -2.07.